The number of rotatable bonds is 3. The molecule has 0 aliphatic rings. The van der Waals surface area contributed by atoms with E-state index in [2.05, 4.69) is 31.1 Å². The van der Waals surface area contributed by atoms with E-state index in [1.54, 1.807) is 0 Å². The number of nitrogens with one attached hydrogen (secondary N) is 1. The summed E-state index contributed by atoms with van der Waals surface area (Å²) in [6.45, 7) is 0.154. The van der Waals surface area contributed by atoms with Crippen LogP contribution in [0, 0.1) is 0 Å². The van der Waals surface area contributed by atoms with Gasteiger partial charge in [0.25, 0.3) is 0 Å². The van der Waals surface area contributed by atoms with Gasteiger partial charge < -0.3 is 10.5 Å². The first-order valence-electron chi connectivity index (χ1n) is 4.75. The van der Waals surface area contributed by atoms with Crippen molar-refractivity contribution in [3.63, 3.8) is 0 Å². The number of halogens is 1. The minimum Gasteiger partial charge on any atom is -0.455 e. The molecule has 6 nitrogen and oxygen atoms in total. The van der Waals surface area contributed by atoms with Crippen LogP contribution in [0.5, 0.6) is 0 Å². The second-order valence-electron chi connectivity index (χ2n) is 3.21. The number of hydrogen-bond acceptors (Lipinski definition) is 5. The topological polar surface area (TPSA) is 93.9 Å². The molecule has 0 amide bonds. The van der Waals surface area contributed by atoms with Crippen molar-refractivity contribution in [1.29, 1.82) is 0 Å². The molecule has 0 spiro atoms. The van der Waals surface area contributed by atoms with Gasteiger partial charge in [0.2, 0.25) is 11.8 Å². The zero-order valence-corrected chi connectivity index (χ0v) is 10.3. The average molecular weight is 297 g/mol. The standard InChI is InChI=1S/C10H9BrN4O2/c11-7-4-2-1-3-6(7)5-17-9(16)8-13-10(12)15-14-8/h1-4H,5H2,(H3,12,13,14,15). The van der Waals surface area contributed by atoms with E-state index in [1.165, 1.54) is 0 Å². The number of aromatic amines is 1. The minimum absolute atomic E-state index is 0.00504. The van der Waals surface area contributed by atoms with Gasteiger partial charge in [-0.1, -0.05) is 34.1 Å². The predicted octanol–water partition coefficient (Wildman–Crippen LogP) is 1.51. The number of nitrogen functional groups attached to an aromatic ring is 1. The first-order valence-corrected chi connectivity index (χ1v) is 5.54. The van der Waals surface area contributed by atoms with Gasteiger partial charge in [-0.3, -0.25) is 5.10 Å². The van der Waals surface area contributed by atoms with Gasteiger partial charge in [-0.2, -0.15) is 4.98 Å². The fraction of sp³-hybridized carbons (Fsp3) is 0.100. The molecule has 1 aromatic heterocycles. The lowest BCUT2D eigenvalue weighted by Crippen LogP contribution is -2.07. The number of carbonyl (C=O) groups is 1. The van der Waals surface area contributed by atoms with Gasteiger partial charge in [0.1, 0.15) is 6.61 Å². The maximum atomic E-state index is 11.5. The van der Waals surface area contributed by atoms with Crippen molar-refractivity contribution < 1.29 is 9.53 Å². The normalized spacial score (nSPS) is 10.2. The summed E-state index contributed by atoms with van der Waals surface area (Å²) >= 11 is 3.36. The van der Waals surface area contributed by atoms with E-state index in [9.17, 15) is 4.79 Å². The second kappa shape index (κ2) is 4.96. The molecule has 17 heavy (non-hydrogen) atoms. The molecule has 0 unspecified atom stereocenters. The molecule has 2 rings (SSSR count). The molecule has 2 aromatic rings. The Balaban J connectivity index is 1.99. The SMILES string of the molecule is Nc1n[nH]c(C(=O)OCc2ccccc2Br)n1. The number of ether oxygens (including phenoxy) is 1. The molecular formula is C10H9BrN4O2. The largest absolute Gasteiger partial charge is 0.455 e. The van der Waals surface area contributed by atoms with Crippen molar-refractivity contribution in [2.45, 2.75) is 6.61 Å². The van der Waals surface area contributed by atoms with Gasteiger partial charge >= 0.3 is 5.97 Å². The highest BCUT2D eigenvalue weighted by Gasteiger charge is 2.12. The van der Waals surface area contributed by atoms with Crippen molar-refractivity contribution in [3.05, 3.63) is 40.1 Å². The summed E-state index contributed by atoms with van der Waals surface area (Å²) < 4.78 is 5.93. The number of benzene rings is 1. The summed E-state index contributed by atoms with van der Waals surface area (Å²) in [5.74, 6) is -0.586. The lowest BCUT2D eigenvalue weighted by molar-refractivity contribution is 0.0458. The molecule has 0 atom stereocenters. The van der Waals surface area contributed by atoms with Crippen LogP contribution in [0.25, 0.3) is 0 Å². The fourth-order valence-corrected chi connectivity index (χ4v) is 1.59. The number of carbonyl (C=O) groups excluding carboxylic acids is 1. The summed E-state index contributed by atoms with van der Waals surface area (Å²) in [6.07, 6.45) is 0. The van der Waals surface area contributed by atoms with Gasteiger partial charge in [0.05, 0.1) is 0 Å². The Bertz CT molecular complexity index is 541. The van der Waals surface area contributed by atoms with Gasteiger partial charge in [0, 0.05) is 10.0 Å². The van der Waals surface area contributed by atoms with E-state index in [4.69, 9.17) is 10.5 Å². The Morgan fingerprint density at radius 2 is 2.24 bits per heavy atom. The van der Waals surface area contributed by atoms with Crippen LogP contribution in [-0.4, -0.2) is 21.2 Å². The number of hydrogen-bond donors (Lipinski definition) is 2. The van der Waals surface area contributed by atoms with Crippen LogP contribution >= 0.6 is 15.9 Å². The van der Waals surface area contributed by atoms with E-state index in [0.717, 1.165) is 10.0 Å². The van der Waals surface area contributed by atoms with Crippen molar-refractivity contribution in [2.75, 3.05) is 5.73 Å². The molecule has 3 N–H and O–H groups in total. The lowest BCUT2D eigenvalue weighted by atomic mass is 10.2. The third-order valence-corrected chi connectivity index (χ3v) is 2.79. The maximum absolute atomic E-state index is 11.5. The molecule has 0 saturated carbocycles. The van der Waals surface area contributed by atoms with Crippen molar-refractivity contribution in [3.8, 4) is 0 Å². The van der Waals surface area contributed by atoms with E-state index >= 15 is 0 Å². The van der Waals surface area contributed by atoms with Crippen LogP contribution in [0.1, 0.15) is 16.2 Å². The fourth-order valence-electron chi connectivity index (χ4n) is 1.19. The monoisotopic (exact) mass is 296 g/mol. The second-order valence-corrected chi connectivity index (χ2v) is 4.06. The van der Waals surface area contributed by atoms with Crippen molar-refractivity contribution in [1.82, 2.24) is 15.2 Å². The Labute approximate surface area is 105 Å². The Morgan fingerprint density at radius 1 is 1.47 bits per heavy atom. The summed E-state index contributed by atoms with van der Waals surface area (Å²) in [5, 5.41) is 5.93. The van der Waals surface area contributed by atoms with E-state index in [1.807, 2.05) is 24.3 Å². The smallest absolute Gasteiger partial charge is 0.376 e. The van der Waals surface area contributed by atoms with Crippen LogP contribution in [0.15, 0.2) is 28.7 Å². The Morgan fingerprint density at radius 3 is 2.88 bits per heavy atom. The quantitative estimate of drug-likeness (QED) is 0.837. The molecule has 1 heterocycles. The summed E-state index contributed by atoms with van der Waals surface area (Å²) in [7, 11) is 0. The first-order chi connectivity index (χ1) is 8.16. The number of nitrogens with two attached hydrogens (primary N) is 1. The molecule has 7 heteroatoms. The molecule has 0 radical (unpaired) electrons. The molecule has 0 aliphatic heterocycles. The first kappa shape index (κ1) is 11.6. The van der Waals surface area contributed by atoms with Crippen LogP contribution in [-0.2, 0) is 11.3 Å². The molecular weight excluding hydrogens is 288 g/mol. The number of aromatic nitrogens is 3. The average Bonchev–Trinajstić information content (AvgIpc) is 2.74. The summed E-state index contributed by atoms with van der Waals surface area (Å²) in [6, 6.07) is 7.47. The number of H-pyrrole nitrogens is 1. The highest BCUT2D eigenvalue weighted by molar-refractivity contribution is 9.10. The zero-order chi connectivity index (χ0) is 12.3. The van der Waals surface area contributed by atoms with Crippen LogP contribution in [0.2, 0.25) is 0 Å². The lowest BCUT2D eigenvalue weighted by Gasteiger charge is -2.04. The zero-order valence-electron chi connectivity index (χ0n) is 8.68. The van der Waals surface area contributed by atoms with Crippen molar-refractivity contribution >= 4 is 27.8 Å². The molecule has 0 aliphatic carbocycles. The molecule has 0 saturated heterocycles. The Kier molecular flexibility index (Phi) is 3.38. The minimum atomic E-state index is -0.593. The van der Waals surface area contributed by atoms with E-state index in [-0.39, 0.29) is 18.4 Å². The van der Waals surface area contributed by atoms with Gasteiger partial charge in [-0.25, -0.2) is 4.79 Å². The number of nitrogens with zero attached hydrogens (tertiary/aromatic N) is 2. The number of esters is 1. The van der Waals surface area contributed by atoms with Crippen LogP contribution in [0.4, 0.5) is 5.95 Å². The summed E-state index contributed by atoms with van der Waals surface area (Å²) in [4.78, 5) is 15.2. The number of anilines is 1. The molecule has 1 aromatic carbocycles. The Hall–Kier alpha value is -1.89. The third kappa shape index (κ3) is 2.82. The molecule has 0 bridgehead atoms. The predicted molar refractivity (Wildman–Crippen MR) is 64.1 cm³/mol. The molecule has 0 fully saturated rings. The van der Waals surface area contributed by atoms with Gasteiger partial charge in [-0.15, -0.1) is 5.10 Å². The van der Waals surface area contributed by atoms with Crippen LogP contribution < -0.4 is 5.73 Å². The molecule has 88 valence electrons. The van der Waals surface area contributed by atoms with Crippen molar-refractivity contribution in [2.24, 2.45) is 0 Å². The van der Waals surface area contributed by atoms with E-state index < -0.39 is 5.97 Å². The van der Waals surface area contributed by atoms with Gasteiger partial charge in [-0.05, 0) is 6.07 Å². The third-order valence-electron chi connectivity index (χ3n) is 2.01. The highest BCUT2D eigenvalue weighted by atomic mass is 79.9. The van der Waals surface area contributed by atoms with Crippen LogP contribution in [0.3, 0.4) is 0 Å². The van der Waals surface area contributed by atoms with E-state index in [0.29, 0.717) is 0 Å². The maximum Gasteiger partial charge on any atom is 0.376 e. The van der Waals surface area contributed by atoms with Gasteiger partial charge in [0.15, 0.2) is 0 Å². The summed E-state index contributed by atoms with van der Waals surface area (Å²) in [5.41, 5.74) is 6.15. The highest BCUT2D eigenvalue weighted by Crippen LogP contribution is 2.16.